The second kappa shape index (κ2) is 13.0. The van der Waals surface area contributed by atoms with Gasteiger partial charge in [-0.05, 0) is 63.7 Å². The van der Waals surface area contributed by atoms with E-state index in [4.69, 9.17) is 23.8 Å². The van der Waals surface area contributed by atoms with Crippen molar-refractivity contribution in [2.45, 2.75) is 0 Å². The van der Waals surface area contributed by atoms with Crippen molar-refractivity contribution in [1.29, 1.82) is 0 Å². The Morgan fingerprint density at radius 1 is 0.268 bits per heavy atom. The molecule has 11 aromatic rings. The smallest absolute Gasteiger partial charge is 0.164 e. The first-order valence-electron chi connectivity index (χ1n) is 18.7. The Balaban J connectivity index is 1.10. The van der Waals surface area contributed by atoms with E-state index in [9.17, 15) is 0 Å². The third kappa shape index (κ3) is 5.45. The van der Waals surface area contributed by atoms with E-state index in [1.165, 1.54) is 11.1 Å². The Labute approximate surface area is 322 Å². The van der Waals surface area contributed by atoms with Crippen molar-refractivity contribution in [1.82, 2.24) is 15.0 Å². The summed E-state index contributed by atoms with van der Waals surface area (Å²) in [5.41, 5.74) is 12.6. The average molecular weight is 718 g/mol. The highest BCUT2D eigenvalue weighted by Gasteiger charge is 2.21. The van der Waals surface area contributed by atoms with Crippen LogP contribution in [0.25, 0.3) is 111 Å². The van der Waals surface area contributed by atoms with E-state index < -0.39 is 0 Å². The number of nitrogens with zero attached hydrogens (tertiary/aromatic N) is 3. The van der Waals surface area contributed by atoms with Gasteiger partial charge in [-0.25, -0.2) is 15.0 Å². The van der Waals surface area contributed by atoms with Crippen LogP contribution < -0.4 is 0 Å². The SMILES string of the molecule is c1ccc(-c2ccc(-c3nc(-c4ccc5c(c4)oc4ccccc45)nc(-c4cccc5oc6cccc(-c7ccc(-c8ccccc8)cc7)c6c45)n3)cc2)cc1. The van der Waals surface area contributed by atoms with Gasteiger partial charge >= 0.3 is 0 Å². The number of para-hydroxylation sites is 1. The minimum atomic E-state index is 0.556. The van der Waals surface area contributed by atoms with Crippen molar-refractivity contribution >= 4 is 43.9 Å². The molecule has 0 aliphatic carbocycles. The Morgan fingerprint density at radius 3 is 1.39 bits per heavy atom. The molecule has 0 radical (unpaired) electrons. The van der Waals surface area contributed by atoms with Crippen LogP contribution in [0.5, 0.6) is 0 Å². The lowest BCUT2D eigenvalue weighted by Crippen LogP contribution is -2.00. The molecule has 3 aromatic heterocycles. The molecule has 8 aromatic carbocycles. The molecule has 0 amide bonds. The van der Waals surface area contributed by atoms with Gasteiger partial charge < -0.3 is 8.83 Å². The number of hydrogen-bond donors (Lipinski definition) is 0. The molecule has 56 heavy (non-hydrogen) atoms. The standard InChI is InChI=1S/C51H31N3O2/c1-3-11-32(12-4-1)34-21-25-36(26-22-34)39-16-9-19-44-47(39)48-42(17-10-20-45(48)56-44)51-53-49(37-27-23-35(24-28-37)33-13-5-2-6-14-33)52-50(54-51)38-29-30-41-40-15-7-8-18-43(40)55-46(41)31-38/h1-31H. The van der Waals surface area contributed by atoms with Gasteiger partial charge in [-0.3, -0.25) is 0 Å². The highest BCUT2D eigenvalue weighted by atomic mass is 16.3. The second-order valence-electron chi connectivity index (χ2n) is 14.0. The van der Waals surface area contributed by atoms with E-state index in [1.807, 2.05) is 54.6 Å². The van der Waals surface area contributed by atoms with Crippen molar-refractivity contribution in [2.24, 2.45) is 0 Å². The summed E-state index contributed by atoms with van der Waals surface area (Å²) < 4.78 is 12.8. The molecule has 0 fully saturated rings. The fraction of sp³-hybridized carbons (Fsp3) is 0. The summed E-state index contributed by atoms with van der Waals surface area (Å²) in [6.45, 7) is 0. The fourth-order valence-electron chi connectivity index (χ4n) is 7.83. The number of fused-ring (bicyclic) bond motifs is 6. The number of hydrogen-bond acceptors (Lipinski definition) is 5. The van der Waals surface area contributed by atoms with Crippen molar-refractivity contribution < 1.29 is 8.83 Å². The molecule has 0 atom stereocenters. The maximum absolute atomic E-state index is 6.55. The van der Waals surface area contributed by atoms with Gasteiger partial charge in [0, 0.05) is 38.2 Å². The average Bonchev–Trinajstić information content (AvgIpc) is 3.85. The molecule has 5 nitrogen and oxygen atoms in total. The Bertz CT molecular complexity index is 3220. The first-order chi connectivity index (χ1) is 27.7. The molecule has 0 bridgehead atoms. The van der Waals surface area contributed by atoms with Crippen LogP contribution in [0.1, 0.15) is 0 Å². The van der Waals surface area contributed by atoms with E-state index in [2.05, 4.69) is 133 Å². The van der Waals surface area contributed by atoms with Crippen LogP contribution in [0, 0.1) is 0 Å². The molecular weight excluding hydrogens is 687 g/mol. The summed E-state index contributed by atoms with van der Waals surface area (Å²) in [4.78, 5) is 15.5. The third-order valence-corrected chi connectivity index (χ3v) is 10.6. The Morgan fingerprint density at radius 2 is 0.714 bits per heavy atom. The normalized spacial score (nSPS) is 11.6. The van der Waals surface area contributed by atoms with Crippen LogP contribution in [0.4, 0.5) is 0 Å². The zero-order chi connectivity index (χ0) is 37.0. The highest BCUT2D eigenvalue weighted by molar-refractivity contribution is 6.17. The van der Waals surface area contributed by atoms with Gasteiger partial charge in [0.1, 0.15) is 22.3 Å². The quantitative estimate of drug-likeness (QED) is 0.171. The molecule has 0 unspecified atom stereocenters. The van der Waals surface area contributed by atoms with Gasteiger partial charge in [-0.15, -0.1) is 0 Å². The van der Waals surface area contributed by atoms with Crippen LogP contribution in [0.3, 0.4) is 0 Å². The molecule has 262 valence electrons. The molecule has 0 saturated heterocycles. The molecule has 0 spiro atoms. The van der Waals surface area contributed by atoms with E-state index in [-0.39, 0.29) is 0 Å². The number of benzene rings is 8. The summed E-state index contributed by atoms with van der Waals surface area (Å²) in [5, 5.41) is 4.11. The zero-order valence-electron chi connectivity index (χ0n) is 30.1. The predicted octanol–water partition coefficient (Wildman–Crippen LogP) is 13.7. The molecular formula is C51H31N3O2. The molecule has 0 aliphatic heterocycles. The fourth-order valence-corrected chi connectivity index (χ4v) is 7.83. The molecule has 5 heteroatoms. The second-order valence-corrected chi connectivity index (χ2v) is 14.0. The lowest BCUT2D eigenvalue weighted by atomic mass is 9.95. The van der Waals surface area contributed by atoms with E-state index in [1.54, 1.807) is 0 Å². The number of aromatic nitrogens is 3. The van der Waals surface area contributed by atoms with E-state index in [0.29, 0.717) is 17.5 Å². The molecule has 0 aliphatic rings. The highest BCUT2D eigenvalue weighted by Crippen LogP contribution is 2.42. The molecule has 0 N–H and O–H groups in total. The first kappa shape index (κ1) is 31.9. The van der Waals surface area contributed by atoms with Gasteiger partial charge in [0.05, 0.1) is 0 Å². The lowest BCUT2D eigenvalue weighted by molar-refractivity contribution is 0.668. The van der Waals surface area contributed by atoms with Crippen LogP contribution in [0.2, 0.25) is 0 Å². The van der Waals surface area contributed by atoms with E-state index in [0.717, 1.165) is 82.8 Å². The molecule has 0 saturated carbocycles. The van der Waals surface area contributed by atoms with Gasteiger partial charge in [0.15, 0.2) is 17.5 Å². The zero-order valence-corrected chi connectivity index (χ0v) is 30.1. The summed E-state index contributed by atoms with van der Waals surface area (Å²) in [6.07, 6.45) is 0. The van der Waals surface area contributed by atoms with Gasteiger partial charge in [-0.1, -0.05) is 158 Å². The van der Waals surface area contributed by atoms with Crippen LogP contribution in [-0.4, -0.2) is 15.0 Å². The maximum Gasteiger partial charge on any atom is 0.164 e. The third-order valence-electron chi connectivity index (χ3n) is 10.6. The van der Waals surface area contributed by atoms with Crippen LogP contribution in [-0.2, 0) is 0 Å². The van der Waals surface area contributed by atoms with Gasteiger partial charge in [0.2, 0.25) is 0 Å². The van der Waals surface area contributed by atoms with Crippen molar-refractivity contribution in [3.8, 4) is 67.5 Å². The van der Waals surface area contributed by atoms with Crippen LogP contribution in [0.15, 0.2) is 197 Å². The topological polar surface area (TPSA) is 65.0 Å². The Kier molecular flexibility index (Phi) is 7.42. The number of rotatable bonds is 6. The first-order valence-corrected chi connectivity index (χ1v) is 18.7. The van der Waals surface area contributed by atoms with E-state index >= 15 is 0 Å². The molecule has 3 heterocycles. The minimum absolute atomic E-state index is 0.556. The van der Waals surface area contributed by atoms with Crippen molar-refractivity contribution in [3.05, 3.63) is 188 Å². The summed E-state index contributed by atoms with van der Waals surface area (Å²) >= 11 is 0. The van der Waals surface area contributed by atoms with Gasteiger partial charge in [0.25, 0.3) is 0 Å². The molecule has 11 rings (SSSR count). The lowest BCUT2D eigenvalue weighted by Gasteiger charge is -2.11. The maximum atomic E-state index is 6.55. The summed E-state index contributed by atoms with van der Waals surface area (Å²) in [5.74, 6) is 1.70. The summed E-state index contributed by atoms with van der Waals surface area (Å²) in [6, 6.07) is 64.6. The Hall–Kier alpha value is -7.63. The van der Waals surface area contributed by atoms with Gasteiger partial charge in [-0.2, -0.15) is 0 Å². The van der Waals surface area contributed by atoms with Crippen LogP contribution >= 0.6 is 0 Å². The predicted molar refractivity (Wildman–Crippen MR) is 227 cm³/mol. The minimum Gasteiger partial charge on any atom is -0.456 e. The monoisotopic (exact) mass is 717 g/mol. The number of furan rings is 2. The van der Waals surface area contributed by atoms with Crippen molar-refractivity contribution in [3.63, 3.8) is 0 Å². The van der Waals surface area contributed by atoms with Crippen molar-refractivity contribution in [2.75, 3.05) is 0 Å². The summed E-state index contributed by atoms with van der Waals surface area (Å²) in [7, 11) is 0. The largest absolute Gasteiger partial charge is 0.456 e.